The average molecular weight is 193 g/mol. The van der Waals surface area contributed by atoms with Gasteiger partial charge in [0.1, 0.15) is 5.82 Å². The SMILES string of the molecule is CNC(c1ccccc1F)C1(C)CC1. The Morgan fingerprint density at radius 1 is 1.36 bits per heavy atom. The Morgan fingerprint density at radius 2 is 2.00 bits per heavy atom. The first-order valence-corrected chi connectivity index (χ1v) is 5.09. The van der Waals surface area contributed by atoms with Crippen molar-refractivity contribution in [1.82, 2.24) is 5.32 Å². The molecule has 0 bridgehead atoms. The minimum Gasteiger partial charge on any atom is -0.312 e. The van der Waals surface area contributed by atoms with Gasteiger partial charge in [0.15, 0.2) is 0 Å². The Balaban J connectivity index is 2.32. The van der Waals surface area contributed by atoms with E-state index >= 15 is 0 Å². The molecule has 0 saturated heterocycles. The number of benzene rings is 1. The zero-order chi connectivity index (χ0) is 10.2. The Morgan fingerprint density at radius 3 is 2.50 bits per heavy atom. The number of rotatable bonds is 3. The number of hydrogen-bond donors (Lipinski definition) is 1. The smallest absolute Gasteiger partial charge is 0.127 e. The van der Waals surface area contributed by atoms with E-state index in [1.165, 1.54) is 18.9 Å². The maximum Gasteiger partial charge on any atom is 0.127 e. The van der Waals surface area contributed by atoms with Crippen LogP contribution in [0.3, 0.4) is 0 Å². The zero-order valence-corrected chi connectivity index (χ0v) is 8.68. The molecule has 1 nitrogen and oxygen atoms in total. The molecule has 1 aromatic rings. The summed E-state index contributed by atoms with van der Waals surface area (Å²) in [6.07, 6.45) is 2.37. The van der Waals surface area contributed by atoms with Crippen molar-refractivity contribution in [3.8, 4) is 0 Å². The van der Waals surface area contributed by atoms with Crippen molar-refractivity contribution in [2.75, 3.05) is 7.05 Å². The third-order valence-corrected chi connectivity index (χ3v) is 3.24. The van der Waals surface area contributed by atoms with Crippen LogP contribution in [0.5, 0.6) is 0 Å². The summed E-state index contributed by atoms with van der Waals surface area (Å²) in [7, 11) is 1.90. The molecular formula is C12H16FN. The molecule has 14 heavy (non-hydrogen) atoms. The summed E-state index contributed by atoms with van der Waals surface area (Å²) in [6, 6.07) is 7.20. The fourth-order valence-electron chi connectivity index (χ4n) is 2.07. The molecule has 0 aromatic heterocycles. The average Bonchev–Trinajstić information content (AvgIpc) is 2.89. The summed E-state index contributed by atoms with van der Waals surface area (Å²) in [5, 5.41) is 3.22. The molecular weight excluding hydrogens is 177 g/mol. The van der Waals surface area contributed by atoms with E-state index in [0.717, 1.165) is 5.56 Å². The minimum absolute atomic E-state index is 0.0972. The van der Waals surface area contributed by atoms with Gasteiger partial charge in [-0.15, -0.1) is 0 Å². The van der Waals surface area contributed by atoms with E-state index in [0.29, 0.717) is 0 Å². The van der Waals surface area contributed by atoms with E-state index in [1.54, 1.807) is 6.07 Å². The van der Waals surface area contributed by atoms with Crippen LogP contribution in [0.25, 0.3) is 0 Å². The highest BCUT2D eigenvalue weighted by molar-refractivity contribution is 5.25. The Bertz CT molecular complexity index is 331. The molecule has 1 aromatic carbocycles. The summed E-state index contributed by atoms with van der Waals surface area (Å²) in [6.45, 7) is 2.21. The lowest BCUT2D eigenvalue weighted by Gasteiger charge is -2.23. The predicted octanol–water partition coefficient (Wildman–Crippen LogP) is 2.89. The van der Waals surface area contributed by atoms with Gasteiger partial charge in [0.25, 0.3) is 0 Å². The molecule has 1 fully saturated rings. The van der Waals surface area contributed by atoms with Crippen LogP contribution in [0.4, 0.5) is 4.39 Å². The van der Waals surface area contributed by atoms with Crippen molar-refractivity contribution >= 4 is 0 Å². The van der Waals surface area contributed by atoms with E-state index in [-0.39, 0.29) is 17.3 Å². The molecule has 1 atom stereocenters. The van der Waals surface area contributed by atoms with E-state index in [2.05, 4.69) is 12.2 Å². The molecule has 0 heterocycles. The van der Waals surface area contributed by atoms with E-state index in [1.807, 2.05) is 19.2 Å². The molecule has 0 amide bonds. The van der Waals surface area contributed by atoms with Gasteiger partial charge in [-0.05, 0) is 31.4 Å². The van der Waals surface area contributed by atoms with Crippen LogP contribution in [0.15, 0.2) is 24.3 Å². The first kappa shape index (κ1) is 9.66. The van der Waals surface area contributed by atoms with Gasteiger partial charge < -0.3 is 5.32 Å². The van der Waals surface area contributed by atoms with Gasteiger partial charge in [-0.1, -0.05) is 25.1 Å². The van der Waals surface area contributed by atoms with Crippen molar-refractivity contribution in [3.05, 3.63) is 35.6 Å². The fourth-order valence-corrected chi connectivity index (χ4v) is 2.07. The highest BCUT2D eigenvalue weighted by Crippen LogP contribution is 2.54. The molecule has 0 radical (unpaired) electrons. The lowest BCUT2D eigenvalue weighted by atomic mass is 9.91. The van der Waals surface area contributed by atoms with Crippen LogP contribution in [-0.2, 0) is 0 Å². The first-order chi connectivity index (χ1) is 6.67. The van der Waals surface area contributed by atoms with Crippen molar-refractivity contribution < 1.29 is 4.39 Å². The van der Waals surface area contributed by atoms with Crippen molar-refractivity contribution in [2.45, 2.75) is 25.8 Å². The Kier molecular flexibility index (Phi) is 2.31. The second-order valence-corrected chi connectivity index (χ2v) is 4.40. The molecule has 1 saturated carbocycles. The summed E-state index contributed by atoms with van der Waals surface area (Å²) in [5.74, 6) is -0.0972. The molecule has 1 unspecified atom stereocenters. The van der Waals surface area contributed by atoms with Gasteiger partial charge in [-0.2, -0.15) is 0 Å². The van der Waals surface area contributed by atoms with Gasteiger partial charge >= 0.3 is 0 Å². The monoisotopic (exact) mass is 193 g/mol. The molecule has 0 aliphatic heterocycles. The number of halogens is 1. The van der Waals surface area contributed by atoms with E-state index < -0.39 is 0 Å². The van der Waals surface area contributed by atoms with Crippen molar-refractivity contribution in [2.24, 2.45) is 5.41 Å². The van der Waals surface area contributed by atoms with Crippen LogP contribution >= 0.6 is 0 Å². The topological polar surface area (TPSA) is 12.0 Å². The molecule has 2 heteroatoms. The summed E-state index contributed by atoms with van der Waals surface area (Å²) < 4.78 is 13.5. The highest BCUT2D eigenvalue weighted by atomic mass is 19.1. The van der Waals surface area contributed by atoms with Crippen LogP contribution in [0.1, 0.15) is 31.4 Å². The molecule has 2 rings (SSSR count). The predicted molar refractivity (Wildman–Crippen MR) is 55.5 cm³/mol. The van der Waals surface area contributed by atoms with Crippen molar-refractivity contribution in [1.29, 1.82) is 0 Å². The molecule has 1 aliphatic carbocycles. The highest BCUT2D eigenvalue weighted by Gasteiger charge is 2.45. The third kappa shape index (κ3) is 1.55. The van der Waals surface area contributed by atoms with Crippen LogP contribution < -0.4 is 5.32 Å². The van der Waals surface area contributed by atoms with Gasteiger partial charge in [0, 0.05) is 11.6 Å². The first-order valence-electron chi connectivity index (χ1n) is 5.09. The second kappa shape index (κ2) is 3.35. The quantitative estimate of drug-likeness (QED) is 0.778. The Hall–Kier alpha value is -0.890. The number of nitrogens with one attached hydrogen (secondary N) is 1. The van der Waals surface area contributed by atoms with Gasteiger partial charge in [0.2, 0.25) is 0 Å². The largest absolute Gasteiger partial charge is 0.312 e. The van der Waals surface area contributed by atoms with E-state index in [9.17, 15) is 4.39 Å². The summed E-state index contributed by atoms with van der Waals surface area (Å²) >= 11 is 0. The lowest BCUT2D eigenvalue weighted by molar-refractivity contribution is 0.377. The molecule has 1 N–H and O–H groups in total. The standard InChI is InChI=1S/C12H16FN/c1-12(7-8-12)11(14-2)9-5-3-4-6-10(9)13/h3-6,11,14H,7-8H2,1-2H3. The number of hydrogen-bond acceptors (Lipinski definition) is 1. The maximum absolute atomic E-state index is 13.5. The minimum atomic E-state index is -0.0972. The Labute approximate surface area is 84.3 Å². The normalized spacial score (nSPS) is 20.5. The second-order valence-electron chi connectivity index (χ2n) is 4.40. The summed E-state index contributed by atoms with van der Waals surface area (Å²) in [5.41, 5.74) is 1.06. The third-order valence-electron chi connectivity index (χ3n) is 3.24. The maximum atomic E-state index is 13.5. The van der Waals surface area contributed by atoms with Crippen molar-refractivity contribution in [3.63, 3.8) is 0 Å². The van der Waals surface area contributed by atoms with E-state index in [4.69, 9.17) is 0 Å². The lowest BCUT2D eigenvalue weighted by Crippen LogP contribution is -2.25. The van der Waals surface area contributed by atoms with Gasteiger partial charge in [-0.3, -0.25) is 0 Å². The van der Waals surface area contributed by atoms with Gasteiger partial charge in [-0.25, -0.2) is 4.39 Å². The fraction of sp³-hybridized carbons (Fsp3) is 0.500. The van der Waals surface area contributed by atoms with Crippen LogP contribution in [0, 0.1) is 11.2 Å². The van der Waals surface area contributed by atoms with Crippen LogP contribution in [0.2, 0.25) is 0 Å². The molecule has 0 spiro atoms. The van der Waals surface area contributed by atoms with Gasteiger partial charge in [0.05, 0.1) is 0 Å². The zero-order valence-electron chi connectivity index (χ0n) is 8.68. The molecule has 76 valence electrons. The van der Waals surface area contributed by atoms with Crippen LogP contribution in [-0.4, -0.2) is 7.05 Å². The summed E-state index contributed by atoms with van der Waals surface area (Å²) in [4.78, 5) is 0. The molecule has 1 aliphatic rings.